The predicted octanol–water partition coefficient (Wildman–Crippen LogP) is 4.29. The summed E-state index contributed by atoms with van der Waals surface area (Å²) in [5.41, 5.74) is 3.02. The number of hydrogen-bond donors (Lipinski definition) is 1. The highest BCUT2D eigenvalue weighted by Gasteiger charge is 2.27. The van der Waals surface area contributed by atoms with E-state index in [1.807, 2.05) is 54.5 Å². The van der Waals surface area contributed by atoms with Gasteiger partial charge < -0.3 is 9.30 Å². The molecule has 5 nitrogen and oxygen atoms in total. The third-order valence-electron chi connectivity index (χ3n) is 3.82. The van der Waals surface area contributed by atoms with Crippen molar-refractivity contribution in [1.82, 2.24) is 9.55 Å². The smallest absolute Gasteiger partial charge is 0.410 e. The highest BCUT2D eigenvalue weighted by molar-refractivity contribution is 7.99. The molecule has 0 aliphatic carbocycles. The molecule has 6 heteroatoms. The van der Waals surface area contributed by atoms with Crippen LogP contribution in [0.5, 0.6) is 5.75 Å². The van der Waals surface area contributed by atoms with E-state index in [4.69, 9.17) is 4.74 Å². The minimum absolute atomic E-state index is 0.189. The number of rotatable bonds is 3. The van der Waals surface area contributed by atoms with E-state index in [1.54, 1.807) is 18.3 Å². The number of hydrogen-bond acceptors (Lipinski definition) is 4. The Hall–Kier alpha value is -2.73. The van der Waals surface area contributed by atoms with Crippen LogP contribution in [-0.4, -0.2) is 15.6 Å². The molecule has 1 unspecified atom stereocenters. The van der Waals surface area contributed by atoms with Crippen LogP contribution in [-0.2, 0) is 5.75 Å². The second-order valence-electron chi connectivity index (χ2n) is 5.36. The molecular weight excluding hydrogens is 322 g/mol. The van der Waals surface area contributed by atoms with Gasteiger partial charge in [0, 0.05) is 29.9 Å². The minimum Gasteiger partial charge on any atom is -0.410 e. The number of pyridine rings is 1. The zero-order chi connectivity index (χ0) is 16.4. The fourth-order valence-electron chi connectivity index (χ4n) is 2.71. The van der Waals surface area contributed by atoms with Gasteiger partial charge >= 0.3 is 6.09 Å². The number of aromatic nitrogens is 2. The van der Waals surface area contributed by atoms with E-state index in [-0.39, 0.29) is 5.37 Å². The van der Waals surface area contributed by atoms with E-state index in [1.165, 1.54) is 0 Å². The van der Waals surface area contributed by atoms with Crippen molar-refractivity contribution >= 4 is 23.5 Å². The van der Waals surface area contributed by atoms with Crippen molar-refractivity contribution in [2.75, 3.05) is 5.32 Å². The monoisotopic (exact) mass is 337 g/mol. The Morgan fingerprint density at radius 3 is 2.88 bits per heavy atom. The third kappa shape index (κ3) is 2.88. The molecule has 0 saturated carbocycles. The molecule has 1 aliphatic rings. The van der Waals surface area contributed by atoms with Crippen molar-refractivity contribution in [2.24, 2.45) is 0 Å². The van der Waals surface area contributed by atoms with Gasteiger partial charge in [-0.05, 0) is 24.3 Å². The highest BCUT2D eigenvalue weighted by Crippen LogP contribution is 2.43. The van der Waals surface area contributed by atoms with Gasteiger partial charge in [-0.15, -0.1) is 11.8 Å². The summed E-state index contributed by atoms with van der Waals surface area (Å²) in [6.45, 7) is 0. The molecule has 24 heavy (non-hydrogen) atoms. The molecule has 0 spiro atoms. The molecule has 0 bridgehead atoms. The third-order valence-corrected chi connectivity index (χ3v) is 5.07. The summed E-state index contributed by atoms with van der Waals surface area (Å²) < 4.78 is 7.45. The molecule has 4 rings (SSSR count). The lowest BCUT2D eigenvalue weighted by atomic mass is 10.3. The van der Waals surface area contributed by atoms with Gasteiger partial charge in [-0.3, -0.25) is 10.3 Å². The summed E-state index contributed by atoms with van der Waals surface area (Å²) >= 11 is 1.81. The summed E-state index contributed by atoms with van der Waals surface area (Å²) in [5.74, 6) is 1.35. The molecular formula is C18H15N3O2S. The number of thioether (sulfide) groups is 1. The van der Waals surface area contributed by atoms with E-state index in [9.17, 15) is 4.79 Å². The quantitative estimate of drug-likeness (QED) is 0.775. The van der Waals surface area contributed by atoms with Gasteiger partial charge in [0.05, 0.1) is 11.4 Å². The first-order valence-electron chi connectivity index (χ1n) is 7.56. The van der Waals surface area contributed by atoms with Gasteiger partial charge in [0.2, 0.25) is 0 Å². The molecule has 2 aromatic heterocycles. The average molecular weight is 337 g/mol. The molecule has 1 aliphatic heterocycles. The maximum atomic E-state index is 12.1. The van der Waals surface area contributed by atoms with E-state index >= 15 is 0 Å². The number of amides is 1. The zero-order valence-corrected chi connectivity index (χ0v) is 13.6. The Morgan fingerprint density at radius 1 is 1.21 bits per heavy atom. The van der Waals surface area contributed by atoms with Gasteiger partial charge in [0.25, 0.3) is 0 Å². The highest BCUT2D eigenvalue weighted by atomic mass is 32.2. The molecule has 3 heterocycles. The van der Waals surface area contributed by atoms with Crippen LogP contribution in [0.15, 0.2) is 67.1 Å². The van der Waals surface area contributed by atoms with Crippen LogP contribution in [0.3, 0.4) is 0 Å². The van der Waals surface area contributed by atoms with Crippen molar-refractivity contribution in [3.8, 4) is 5.75 Å². The number of nitrogens with one attached hydrogen (secondary N) is 1. The lowest BCUT2D eigenvalue weighted by Gasteiger charge is -2.12. The van der Waals surface area contributed by atoms with Crippen LogP contribution in [0.25, 0.3) is 0 Å². The van der Waals surface area contributed by atoms with Crippen molar-refractivity contribution in [3.05, 3.63) is 78.4 Å². The zero-order valence-electron chi connectivity index (χ0n) is 12.8. The number of fused-ring (bicyclic) bond motifs is 1. The number of carbonyl (C=O) groups excluding carboxylic acids is 1. The molecule has 1 amide bonds. The average Bonchev–Trinajstić information content (AvgIpc) is 3.20. The SMILES string of the molecule is O=C(Nc1ccn2c1CSC2c1cccnc1)Oc1ccccc1. The van der Waals surface area contributed by atoms with E-state index in [2.05, 4.69) is 20.9 Å². The van der Waals surface area contributed by atoms with Crippen LogP contribution in [0.4, 0.5) is 10.5 Å². The fourth-order valence-corrected chi connectivity index (χ4v) is 4.02. The van der Waals surface area contributed by atoms with E-state index in [0.717, 1.165) is 22.7 Å². The molecule has 0 fully saturated rings. The Bertz CT molecular complexity index is 849. The second kappa shape index (κ2) is 6.41. The van der Waals surface area contributed by atoms with Gasteiger partial charge in [-0.2, -0.15) is 0 Å². The number of carbonyl (C=O) groups is 1. The fraction of sp³-hybridized carbons (Fsp3) is 0.111. The molecule has 0 saturated heterocycles. The maximum Gasteiger partial charge on any atom is 0.417 e. The molecule has 0 radical (unpaired) electrons. The van der Waals surface area contributed by atoms with Crippen molar-refractivity contribution < 1.29 is 9.53 Å². The van der Waals surface area contributed by atoms with Gasteiger partial charge in [-0.1, -0.05) is 24.3 Å². The number of nitrogens with zero attached hydrogens (tertiary/aromatic N) is 2. The molecule has 1 N–H and O–H groups in total. The Morgan fingerprint density at radius 2 is 2.08 bits per heavy atom. The Kier molecular flexibility index (Phi) is 3.96. The predicted molar refractivity (Wildman–Crippen MR) is 94.2 cm³/mol. The summed E-state index contributed by atoms with van der Waals surface area (Å²) in [6, 6.07) is 14.9. The van der Waals surface area contributed by atoms with Crippen LogP contribution in [0.1, 0.15) is 16.6 Å². The van der Waals surface area contributed by atoms with Gasteiger partial charge in [-0.25, -0.2) is 4.79 Å². The summed E-state index contributed by atoms with van der Waals surface area (Å²) in [5, 5.41) is 3.02. The number of ether oxygens (including phenoxy) is 1. The Labute approximate surface area is 143 Å². The summed E-state index contributed by atoms with van der Waals surface area (Å²) in [4.78, 5) is 16.3. The van der Waals surface area contributed by atoms with E-state index in [0.29, 0.717) is 5.75 Å². The van der Waals surface area contributed by atoms with Crippen LogP contribution in [0, 0.1) is 0 Å². The molecule has 1 aromatic carbocycles. The number of para-hydroxylation sites is 1. The van der Waals surface area contributed by atoms with Crippen LogP contribution >= 0.6 is 11.8 Å². The summed E-state index contributed by atoms with van der Waals surface area (Å²) in [6.07, 6.45) is 5.16. The Balaban J connectivity index is 1.50. The first-order chi connectivity index (χ1) is 11.8. The number of anilines is 1. The molecule has 120 valence electrons. The normalized spacial score (nSPS) is 15.8. The van der Waals surface area contributed by atoms with E-state index < -0.39 is 6.09 Å². The van der Waals surface area contributed by atoms with Crippen molar-refractivity contribution in [1.29, 1.82) is 0 Å². The topological polar surface area (TPSA) is 56.2 Å². The lowest BCUT2D eigenvalue weighted by molar-refractivity contribution is 0.215. The van der Waals surface area contributed by atoms with Gasteiger partial charge in [0.1, 0.15) is 11.1 Å². The number of benzene rings is 1. The maximum absolute atomic E-state index is 12.1. The molecule has 3 aromatic rings. The van der Waals surface area contributed by atoms with Crippen molar-refractivity contribution in [3.63, 3.8) is 0 Å². The van der Waals surface area contributed by atoms with Gasteiger partial charge in [0.15, 0.2) is 0 Å². The second-order valence-corrected chi connectivity index (χ2v) is 6.43. The first-order valence-corrected chi connectivity index (χ1v) is 8.61. The first kappa shape index (κ1) is 14.8. The minimum atomic E-state index is -0.481. The van der Waals surface area contributed by atoms with Crippen molar-refractivity contribution in [2.45, 2.75) is 11.1 Å². The summed E-state index contributed by atoms with van der Waals surface area (Å²) in [7, 11) is 0. The molecule has 1 atom stereocenters. The van der Waals surface area contributed by atoms with Crippen LogP contribution in [0.2, 0.25) is 0 Å². The largest absolute Gasteiger partial charge is 0.417 e. The van der Waals surface area contributed by atoms with Crippen LogP contribution < -0.4 is 10.1 Å². The standard InChI is InChI=1S/C18H15N3O2S/c22-18(23-14-6-2-1-3-7-14)20-15-8-10-21-16(15)12-24-17(21)13-5-4-9-19-11-13/h1-11,17H,12H2,(H,20,22). The lowest BCUT2D eigenvalue weighted by Crippen LogP contribution is -2.17.